The van der Waals surface area contributed by atoms with Gasteiger partial charge in [-0.15, -0.1) is 0 Å². The van der Waals surface area contributed by atoms with Crippen LogP contribution in [0.1, 0.15) is 0 Å². The lowest BCUT2D eigenvalue weighted by Gasteiger charge is -2.08. The highest BCUT2D eigenvalue weighted by Crippen LogP contribution is 2.30. The maximum Gasteiger partial charge on any atom is 0.182 e. The molecular weight excluding hydrogens is 404 g/mol. The van der Waals surface area contributed by atoms with Crippen molar-refractivity contribution in [2.45, 2.75) is 0 Å². The van der Waals surface area contributed by atoms with Crippen LogP contribution in [0.5, 0.6) is 5.75 Å². The molecule has 0 aliphatic rings. The number of hydrogen-bond donors (Lipinski definition) is 1. The zero-order valence-electron chi connectivity index (χ0n) is 10.5. The summed E-state index contributed by atoms with van der Waals surface area (Å²) in [6, 6.07) is 11.8. The van der Waals surface area contributed by atoms with Crippen LogP contribution in [0, 0.1) is 4.77 Å². The van der Waals surface area contributed by atoms with Gasteiger partial charge in [0, 0.05) is 15.0 Å². The van der Waals surface area contributed by atoms with E-state index in [9.17, 15) is 0 Å². The Labute approximate surface area is 137 Å². The van der Waals surface area contributed by atoms with Gasteiger partial charge < -0.3 is 9.72 Å². The molecule has 20 heavy (non-hydrogen) atoms. The van der Waals surface area contributed by atoms with E-state index < -0.39 is 0 Å². The summed E-state index contributed by atoms with van der Waals surface area (Å²) in [5.74, 6) is 0.798. The van der Waals surface area contributed by atoms with Gasteiger partial charge in [0.15, 0.2) is 4.77 Å². The molecule has 3 rings (SSSR count). The normalized spacial score (nSPS) is 10.9. The largest absolute Gasteiger partial charge is 0.497 e. The molecule has 0 bridgehead atoms. The predicted octanol–water partition coefficient (Wildman–Crippen LogP) is 5.22. The topological polar surface area (TPSA) is 29.9 Å². The van der Waals surface area contributed by atoms with E-state index in [1.165, 1.54) is 0 Å². The second-order valence-electron chi connectivity index (χ2n) is 4.24. The van der Waals surface area contributed by atoms with Crippen LogP contribution in [-0.4, -0.2) is 16.7 Å². The molecular formula is C14H10Br2N2OS. The van der Waals surface area contributed by atoms with Crippen molar-refractivity contribution in [1.29, 1.82) is 0 Å². The Morgan fingerprint density at radius 2 is 1.95 bits per heavy atom. The van der Waals surface area contributed by atoms with Crippen LogP contribution in [0.4, 0.5) is 0 Å². The maximum absolute atomic E-state index is 5.45. The number of aromatic amines is 1. The number of H-pyrrole nitrogens is 1. The van der Waals surface area contributed by atoms with Crippen molar-refractivity contribution in [2.75, 3.05) is 7.11 Å². The zero-order chi connectivity index (χ0) is 14.3. The van der Waals surface area contributed by atoms with Crippen molar-refractivity contribution in [3.05, 3.63) is 50.1 Å². The Bertz CT molecular complexity index is 854. The lowest BCUT2D eigenvalue weighted by molar-refractivity contribution is 0.415. The molecule has 0 atom stereocenters. The molecule has 6 heteroatoms. The summed E-state index contributed by atoms with van der Waals surface area (Å²) in [7, 11) is 1.65. The number of rotatable bonds is 2. The van der Waals surface area contributed by atoms with Gasteiger partial charge in [-0.3, -0.25) is 4.57 Å². The van der Waals surface area contributed by atoms with Crippen LogP contribution in [0.2, 0.25) is 0 Å². The van der Waals surface area contributed by atoms with Gasteiger partial charge in [0.2, 0.25) is 0 Å². The van der Waals surface area contributed by atoms with Gasteiger partial charge in [0.1, 0.15) is 5.75 Å². The standard InChI is InChI=1S/C14H10Br2N2OS/c1-19-9-3-5-11-13(7-9)18(14(20)17-11)12-6-8(15)2-4-10(12)16/h2-7H,1H3,(H,17,20). The van der Waals surface area contributed by atoms with E-state index in [1.807, 2.05) is 41.0 Å². The van der Waals surface area contributed by atoms with Gasteiger partial charge in [-0.25, -0.2) is 0 Å². The fourth-order valence-corrected chi connectivity index (χ4v) is 3.19. The minimum absolute atomic E-state index is 0.645. The first-order valence-corrected chi connectivity index (χ1v) is 7.84. The van der Waals surface area contributed by atoms with Crippen molar-refractivity contribution in [2.24, 2.45) is 0 Å². The van der Waals surface area contributed by atoms with E-state index >= 15 is 0 Å². The maximum atomic E-state index is 5.45. The number of hydrogen-bond acceptors (Lipinski definition) is 2. The van der Waals surface area contributed by atoms with Crippen molar-refractivity contribution < 1.29 is 4.74 Å². The SMILES string of the molecule is COc1ccc2[nH]c(=S)n(-c3cc(Br)ccc3Br)c2c1. The number of fused-ring (bicyclic) bond motifs is 1. The molecule has 3 aromatic rings. The lowest BCUT2D eigenvalue weighted by Crippen LogP contribution is -1.95. The first kappa shape index (κ1) is 13.9. The third-order valence-corrected chi connectivity index (χ3v) is 4.49. The van der Waals surface area contributed by atoms with Gasteiger partial charge in [0.25, 0.3) is 0 Å². The highest BCUT2D eigenvalue weighted by Gasteiger charge is 2.11. The molecule has 0 radical (unpaired) electrons. The van der Waals surface area contributed by atoms with E-state index in [2.05, 4.69) is 36.8 Å². The first-order chi connectivity index (χ1) is 9.60. The average Bonchev–Trinajstić information content (AvgIpc) is 2.76. The van der Waals surface area contributed by atoms with Crippen molar-refractivity contribution in [1.82, 2.24) is 9.55 Å². The van der Waals surface area contributed by atoms with Crippen molar-refractivity contribution >= 4 is 55.1 Å². The molecule has 1 N–H and O–H groups in total. The quantitative estimate of drug-likeness (QED) is 0.583. The summed E-state index contributed by atoms with van der Waals surface area (Å²) in [5, 5.41) is 0. The molecule has 102 valence electrons. The summed E-state index contributed by atoms with van der Waals surface area (Å²) in [4.78, 5) is 3.21. The minimum Gasteiger partial charge on any atom is -0.497 e. The van der Waals surface area contributed by atoms with Gasteiger partial charge >= 0.3 is 0 Å². The van der Waals surface area contributed by atoms with Crippen LogP contribution in [0.15, 0.2) is 45.3 Å². The molecule has 1 heterocycles. The third-order valence-electron chi connectivity index (χ3n) is 3.04. The Morgan fingerprint density at radius 1 is 1.15 bits per heavy atom. The number of imidazole rings is 1. The fraction of sp³-hybridized carbons (Fsp3) is 0.0714. The Hall–Kier alpha value is -1.11. The molecule has 0 fully saturated rings. The number of ether oxygens (including phenoxy) is 1. The van der Waals surface area contributed by atoms with Crippen molar-refractivity contribution in [3.63, 3.8) is 0 Å². The third kappa shape index (κ3) is 2.32. The van der Waals surface area contributed by atoms with Crippen LogP contribution in [0.25, 0.3) is 16.7 Å². The number of methoxy groups -OCH3 is 1. The van der Waals surface area contributed by atoms with Gasteiger partial charge in [-0.05, 0) is 58.5 Å². The molecule has 0 aliphatic heterocycles. The number of nitrogens with one attached hydrogen (secondary N) is 1. The summed E-state index contributed by atoms with van der Waals surface area (Å²) >= 11 is 12.5. The van der Waals surface area contributed by atoms with Crippen LogP contribution >= 0.6 is 44.1 Å². The summed E-state index contributed by atoms with van der Waals surface area (Å²) < 4.78 is 9.90. The molecule has 0 aliphatic carbocycles. The highest BCUT2D eigenvalue weighted by atomic mass is 79.9. The molecule has 0 amide bonds. The number of aromatic nitrogens is 2. The van der Waals surface area contributed by atoms with Gasteiger partial charge in [-0.2, -0.15) is 0 Å². The van der Waals surface area contributed by atoms with Crippen LogP contribution in [0.3, 0.4) is 0 Å². The fourth-order valence-electron chi connectivity index (χ4n) is 2.11. The Balaban J connectivity index is 2.37. The van der Waals surface area contributed by atoms with Gasteiger partial charge in [-0.1, -0.05) is 15.9 Å². The molecule has 3 nitrogen and oxygen atoms in total. The van der Waals surface area contributed by atoms with E-state index in [0.29, 0.717) is 4.77 Å². The average molecular weight is 414 g/mol. The monoisotopic (exact) mass is 412 g/mol. The van der Waals surface area contributed by atoms with E-state index in [4.69, 9.17) is 17.0 Å². The zero-order valence-corrected chi connectivity index (χ0v) is 14.5. The van der Waals surface area contributed by atoms with Crippen LogP contribution < -0.4 is 4.74 Å². The van der Waals surface area contributed by atoms with Gasteiger partial charge in [0.05, 0.1) is 23.8 Å². The van der Waals surface area contributed by atoms with E-state index in [-0.39, 0.29) is 0 Å². The predicted molar refractivity (Wildman–Crippen MR) is 90.4 cm³/mol. The molecule has 1 aromatic heterocycles. The van der Waals surface area contributed by atoms with E-state index in [1.54, 1.807) is 7.11 Å². The van der Waals surface area contributed by atoms with Crippen LogP contribution in [-0.2, 0) is 0 Å². The Kier molecular flexibility index (Phi) is 3.70. The summed E-state index contributed by atoms with van der Waals surface area (Å²) in [6.45, 7) is 0. The number of halogens is 2. The number of nitrogens with zero attached hydrogens (tertiary/aromatic N) is 1. The summed E-state index contributed by atoms with van der Waals surface area (Å²) in [5.41, 5.74) is 2.93. The smallest absolute Gasteiger partial charge is 0.182 e. The van der Waals surface area contributed by atoms with E-state index in [0.717, 1.165) is 31.4 Å². The molecule has 0 saturated carbocycles. The summed E-state index contributed by atoms with van der Waals surface area (Å²) in [6.07, 6.45) is 0. The number of benzene rings is 2. The Morgan fingerprint density at radius 3 is 2.70 bits per heavy atom. The minimum atomic E-state index is 0.645. The first-order valence-electron chi connectivity index (χ1n) is 5.84. The molecule has 0 saturated heterocycles. The lowest BCUT2D eigenvalue weighted by atomic mass is 10.2. The molecule has 0 spiro atoms. The molecule has 0 unspecified atom stereocenters. The van der Waals surface area contributed by atoms with Crippen molar-refractivity contribution in [3.8, 4) is 11.4 Å². The second-order valence-corrected chi connectivity index (χ2v) is 6.40. The second kappa shape index (κ2) is 5.35. The molecule has 2 aromatic carbocycles. The highest BCUT2D eigenvalue weighted by molar-refractivity contribution is 9.11.